The van der Waals surface area contributed by atoms with Crippen LogP contribution in [0.2, 0.25) is 0 Å². The van der Waals surface area contributed by atoms with E-state index in [4.69, 9.17) is 10.00 Å². The summed E-state index contributed by atoms with van der Waals surface area (Å²) in [6, 6.07) is 9.37. The minimum Gasteiger partial charge on any atom is -0.486 e. The van der Waals surface area contributed by atoms with Crippen LogP contribution in [-0.2, 0) is 19.6 Å². The first-order chi connectivity index (χ1) is 9.71. The molecule has 0 bridgehead atoms. The molecule has 0 unspecified atom stereocenters. The molecule has 0 N–H and O–H groups in total. The summed E-state index contributed by atoms with van der Waals surface area (Å²) in [5.41, 5.74) is 2.57. The fourth-order valence-electron chi connectivity index (χ4n) is 1.99. The summed E-state index contributed by atoms with van der Waals surface area (Å²) in [6.45, 7) is 5.30. The van der Waals surface area contributed by atoms with Gasteiger partial charge >= 0.3 is 0 Å². The fourth-order valence-corrected chi connectivity index (χ4v) is 2.66. The molecule has 0 radical (unpaired) electrons. The van der Waals surface area contributed by atoms with Crippen molar-refractivity contribution in [1.82, 2.24) is 9.78 Å². The summed E-state index contributed by atoms with van der Waals surface area (Å²) in [5.74, 6) is 0.601. The average molecular weight is 334 g/mol. The second-order valence-electron chi connectivity index (χ2n) is 4.27. The summed E-state index contributed by atoms with van der Waals surface area (Å²) in [7, 11) is 0. The maximum Gasteiger partial charge on any atom is 0.137 e. The standard InChI is InChI=1S/C15H16BrN3O/c1-3-12-15(16)13(19(4-2)18-12)10-20-14-8-6-5-7-11(14)9-17/h5-8H,3-4,10H2,1-2H3. The summed E-state index contributed by atoms with van der Waals surface area (Å²) in [5, 5.41) is 13.6. The third kappa shape index (κ3) is 2.86. The Morgan fingerprint density at radius 3 is 2.75 bits per heavy atom. The first-order valence-corrected chi connectivity index (χ1v) is 7.36. The first kappa shape index (κ1) is 14.6. The largest absolute Gasteiger partial charge is 0.486 e. The molecule has 0 aliphatic heterocycles. The van der Waals surface area contributed by atoms with Gasteiger partial charge in [-0.2, -0.15) is 10.4 Å². The van der Waals surface area contributed by atoms with E-state index in [-0.39, 0.29) is 0 Å². The number of hydrogen-bond acceptors (Lipinski definition) is 3. The molecular weight excluding hydrogens is 318 g/mol. The third-order valence-electron chi connectivity index (χ3n) is 3.07. The van der Waals surface area contributed by atoms with Gasteiger partial charge in [0.25, 0.3) is 0 Å². The molecule has 0 amide bonds. The molecule has 0 spiro atoms. The smallest absolute Gasteiger partial charge is 0.137 e. The van der Waals surface area contributed by atoms with E-state index in [1.165, 1.54) is 0 Å². The highest BCUT2D eigenvalue weighted by atomic mass is 79.9. The van der Waals surface area contributed by atoms with Crippen molar-refractivity contribution in [2.75, 3.05) is 0 Å². The normalized spacial score (nSPS) is 10.3. The van der Waals surface area contributed by atoms with Gasteiger partial charge in [0.1, 0.15) is 18.4 Å². The quantitative estimate of drug-likeness (QED) is 0.838. The van der Waals surface area contributed by atoms with Gasteiger partial charge in [-0.1, -0.05) is 19.1 Å². The highest BCUT2D eigenvalue weighted by molar-refractivity contribution is 9.10. The van der Waals surface area contributed by atoms with Gasteiger partial charge in [-0.3, -0.25) is 4.68 Å². The summed E-state index contributed by atoms with van der Waals surface area (Å²) < 4.78 is 8.71. The number of aromatic nitrogens is 2. The number of nitrogens with zero attached hydrogens (tertiary/aromatic N) is 3. The minimum absolute atomic E-state index is 0.389. The van der Waals surface area contributed by atoms with E-state index in [9.17, 15) is 0 Å². The predicted octanol–water partition coefficient (Wildman–Crippen LogP) is 3.68. The van der Waals surface area contributed by atoms with Gasteiger partial charge in [-0.25, -0.2) is 0 Å². The number of hydrogen-bond donors (Lipinski definition) is 0. The Bertz CT molecular complexity index is 643. The van der Waals surface area contributed by atoms with Gasteiger partial charge in [0, 0.05) is 6.54 Å². The van der Waals surface area contributed by atoms with Gasteiger partial charge in [0.05, 0.1) is 21.4 Å². The fraction of sp³-hybridized carbons (Fsp3) is 0.333. The molecule has 20 heavy (non-hydrogen) atoms. The van der Waals surface area contributed by atoms with Crippen molar-refractivity contribution in [3.63, 3.8) is 0 Å². The van der Waals surface area contributed by atoms with Crippen LogP contribution < -0.4 is 4.74 Å². The Balaban J connectivity index is 2.23. The molecule has 1 heterocycles. The van der Waals surface area contributed by atoms with Gasteiger partial charge in [0.15, 0.2) is 0 Å². The summed E-state index contributed by atoms with van der Waals surface area (Å²) in [4.78, 5) is 0. The van der Waals surface area contributed by atoms with Gasteiger partial charge in [0.2, 0.25) is 0 Å². The van der Waals surface area contributed by atoms with Crippen LogP contribution in [-0.4, -0.2) is 9.78 Å². The molecule has 0 fully saturated rings. The SMILES string of the molecule is CCc1nn(CC)c(COc2ccccc2C#N)c1Br. The number of ether oxygens (including phenoxy) is 1. The van der Waals surface area contributed by atoms with E-state index in [0.717, 1.165) is 28.8 Å². The van der Waals surface area contributed by atoms with Crippen molar-refractivity contribution < 1.29 is 4.74 Å². The highest BCUT2D eigenvalue weighted by Crippen LogP contribution is 2.25. The van der Waals surface area contributed by atoms with Crippen LogP contribution in [0.15, 0.2) is 28.7 Å². The number of aryl methyl sites for hydroxylation is 2. The van der Waals surface area contributed by atoms with E-state index in [2.05, 4.69) is 34.0 Å². The Hall–Kier alpha value is -1.80. The monoisotopic (exact) mass is 333 g/mol. The summed E-state index contributed by atoms with van der Waals surface area (Å²) >= 11 is 3.58. The van der Waals surface area contributed by atoms with Crippen molar-refractivity contribution in [2.24, 2.45) is 0 Å². The molecule has 104 valence electrons. The van der Waals surface area contributed by atoms with Crippen LogP contribution in [0.4, 0.5) is 0 Å². The van der Waals surface area contributed by atoms with Crippen LogP contribution in [0.3, 0.4) is 0 Å². The van der Waals surface area contributed by atoms with Crippen molar-refractivity contribution in [2.45, 2.75) is 33.4 Å². The molecule has 0 aliphatic carbocycles. The number of benzene rings is 1. The van der Waals surface area contributed by atoms with Gasteiger partial charge in [-0.05, 0) is 41.4 Å². The zero-order chi connectivity index (χ0) is 14.5. The lowest BCUT2D eigenvalue weighted by molar-refractivity contribution is 0.291. The minimum atomic E-state index is 0.389. The van der Waals surface area contributed by atoms with Crippen LogP contribution in [0.25, 0.3) is 0 Å². The molecule has 0 saturated carbocycles. The second-order valence-corrected chi connectivity index (χ2v) is 5.07. The van der Waals surface area contributed by atoms with E-state index < -0.39 is 0 Å². The van der Waals surface area contributed by atoms with E-state index in [0.29, 0.717) is 17.9 Å². The Morgan fingerprint density at radius 1 is 1.35 bits per heavy atom. The molecule has 1 aromatic carbocycles. The molecule has 0 atom stereocenters. The zero-order valence-electron chi connectivity index (χ0n) is 11.6. The Morgan fingerprint density at radius 2 is 2.10 bits per heavy atom. The average Bonchev–Trinajstić information content (AvgIpc) is 2.81. The van der Waals surface area contributed by atoms with Crippen molar-refractivity contribution in [3.05, 3.63) is 45.7 Å². The van der Waals surface area contributed by atoms with Crippen molar-refractivity contribution in [1.29, 1.82) is 5.26 Å². The van der Waals surface area contributed by atoms with E-state index in [1.54, 1.807) is 12.1 Å². The lowest BCUT2D eigenvalue weighted by atomic mass is 10.2. The second kappa shape index (κ2) is 6.58. The Kier molecular flexibility index (Phi) is 4.80. The van der Waals surface area contributed by atoms with E-state index in [1.807, 2.05) is 23.7 Å². The Labute approximate surface area is 127 Å². The first-order valence-electron chi connectivity index (χ1n) is 6.57. The van der Waals surface area contributed by atoms with Gasteiger partial charge in [-0.15, -0.1) is 0 Å². The maximum absolute atomic E-state index is 9.06. The van der Waals surface area contributed by atoms with Crippen LogP contribution in [0.5, 0.6) is 5.75 Å². The molecule has 2 rings (SSSR count). The molecule has 1 aromatic heterocycles. The van der Waals surface area contributed by atoms with Crippen LogP contribution in [0.1, 0.15) is 30.8 Å². The molecule has 4 nitrogen and oxygen atoms in total. The van der Waals surface area contributed by atoms with Crippen molar-refractivity contribution in [3.8, 4) is 11.8 Å². The van der Waals surface area contributed by atoms with Crippen LogP contribution in [0, 0.1) is 11.3 Å². The molecular formula is C15H16BrN3O. The number of nitriles is 1. The third-order valence-corrected chi connectivity index (χ3v) is 3.98. The van der Waals surface area contributed by atoms with E-state index >= 15 is 0 Å². The molecule has 0 saturated heterocycles. The van der Waals surface area contributed by atoms with Crippen LogP contribution >= 0.6 is 15.9 Å². The topological polar surface area (TPSA) is 50.8 Å². The lowest BCUT2D eigenvalue weighted by Crippen LogP contribution is -2.07. The highest BCUT2D eigenvalue weighted by Gasteiger charge is 2.14. The number of halogens is 1. The zero-order valence-corrected chi connectivity index (χ0v) is 13.1. The molecule has 5 heteroatoms. The number of para-hydroxylation sites is 1. The number of rotatable bonds is 5. The molecule has 2 aromatic rings. The maximum atomic E-state index is 9.06. The van der Waals surface area contributed by atoms with Crippen molar-refractivity contribution >= 4 is 15.9 Å². The van der Waals surface area contributed by atoms with Gasteiger partial charge < -0.3 is 4.74 Å². The summed E-state index contributed by atoms with van der Waals surface area (Å²) in [6.07, 6.45) is 0.870. The predicted molar refractivity (Wildman–Crippen MR) is 80.5 cm³/mol. The molecule has 0 aliphatic rings. The lowest BCUT2D eigenvalue weighted by Gasteiger charge is -2.09.